The lowest BCUT2D eigenvalue weighted by Gasteiger charge is -2.05. The molecule has 0 N–H and O–H groups in total. The fourth-order valence-corrected chi connectivity index (χ4v) is 1.92. The molecule has 0 bridgehead atoms. The molecule has 1 aliphatic carbocycles. The molecule has 1 rings (SSSR count). The van der Waals surface area contributed by atoms with Gasteiger partial charge in [-0.15, -0.1) is 23.2 Å². The Bertz CT molecular complexity index is 87.0. The summed E-state index contributed by atoms with van der Waals surface area (Å²) in [7, 11) is 0. The SMILES string of the molecule is C1CCCCC1.CCCCCC(Cl)Cl. The van der Waals surface area contributed by atoms with Crippen LogP contribution in [0.1, 0.15) is 71.1 Å². The van der Waals surface area contributed by atoms with Crippen molar-refractivity contribution >= 4 is 23.2 Å². The second kappa shape index (κ2) is 11.7. The summed E-state index contributed by atoms with van der Waals surface area (Å²) in [6, 6.07) is 0. The highest BCUT2D eigenvalue weighted by Crippen LogP contribution is 2.15. The average molecular weight is 239 g/mol. The Balaban J connectivity index is 0.000000249. The zero-order valence-electron chi connectivity index (χ0n) is 9.40. The Morgan fingerprint density at radius 1 is 0.857 bits per heavy atom. The summed E-state index contributed by atoms with van der Waals surface area (Å²) in [4.78, 5) is -0.151. The van der Waals surface area contributed by atoms with Gasteiger partial charge >= 0.3 is 0 Å². The summed E-state index contributed by atoms with van der Waals surface area (Å²) >= 11 is 11.0. The van der Waals surface area contributed by atoms with Gasteiger partial charge in [0.2, 0.25) is 0 Å². The Kier molecular flexibility index (Phi) is 12.1. The molecule has 1 aliphatic rings. The summed E-state index contributed by atoms with van der Waals surface area (Å²) in [5, 5.41) is 0. The largest absolute Gasteiger partial charge is 0.107 e. The van der Waals surface area contributed by atoms with Crippen molar-refractivity contribution in [2.45, 2.75) is 76.0 Å². The minimum Gasteiger partial charge on any atom is -0.105 e. The van der Waals surface area contributed by atoms with Gasteiger partial charge in [-0.3, -0.25) is 0 Å². The van der Waals surface area contributed by atoms with E-state index in [4.69, 9.17) is 23.2 Å². The van der Waals surface area contributed by atoms with Crippen LogP contribution < -0.4 is 0 Å². The molecule has 1 saturated carbocycles. The third kappa shape index (κ3) is 12.6. The van der Waals surface area contributed by atoms with Gasteiger partial charge in [0, 0.05) is 0 Å². The highest BCUT2D eigenvalue weighted by Gasteiger charge is 1.96. The third-order valence-corrected chi connectivity index (χ3v) is 2.96. The molecule has 0 heterocycles. The number of alkyl halides is 2. The van der Waals surface area contributed by atoms with E-state index in [2.05, 4.69) is 6.92 Å². The summed E-state index contributed by atoms with van der Waals surface area (Å²) in [6.07, 6.45) is 13.6. The van der Waals surface area contributed by atoms with Crippen molar-refractivity contribution in [3.05, 3.63) is 0 Å². The van der Waals surface area contributed by atoms with Crippen LogP contribution in [0.25, 0.3) is 0 Å². The second-order valence-electron chi connectivity index (χ2n) is 4.01. The van der Waals surface area contributed by atoms with Gasteiger partial charge in [-0.25, -0.2) is 0 Å². The Morgan fingerprint density at radius 3 is 1.57 bits per heavy atom. The summed E-state index contributed by atoms with van der Waals surface area (Å²) in [5.74, 6) is 0. The van der Waals surface area contributed by atoms with Crippen LogP contribution in [0, 0.1) is 0 Å². The molecule has 0 amide bonds. The van der Waals surface area contributed by atoms with E-state index < -0.39 is 0 Å². The normalized spacial score (nSPS) is 16.3. The smallest absolute Gasteiger partial charge is 0.105 e. The molecule has 1 fully saturated rings. The second-order valence-corrected chi connectivity index (χ2v) is 5.29. The summed E-state index contributed by atoms with van der Waals surface area (Å²) in [6.45, 7) is 2.16. The topological polar surface area (TPSA) is 0 Å². The number of halogens is 2. The number of hydrogen-bond donors (Lipinski definition) is 0. The lowest BCUT2D eigenvalue weighted by atomic mass is 10.0. The first-order chi connectivity index (χ1) is 6.77. The van der Waals surface area contributed by atoms with Crippen LogP contribution in [0.4, 0.5) is 0 Å². The first-order valence-corrected chi connectivity index (χ1v) is 6.92. The molecule has 0 nitrogen and oxygen atoms in total. The Labute approximate surface area is 99.4 Å². The lowest BCUT2D eigenvalue weighted by Crippen LogP contribution is -1.85. The van der Waals surface area contributed by atoms with Crippen molar-refractivity contribution in [2.24, 2.45) is 0 Å². The molecule has 14 heavy (non-hydrogen) atoms. The van der Waals surface area contributed by atoms with E-state index in [0.29, 0.717) is 0 Å². The standard InChI is InChI=1S/C6H12Cl2.C6H12/c1-2-3-4-5-6(7)8;1-2-4-6-5-3-1/h6H,2-5H2,1H3;1-6H2. The van der Waals surface area contributed by atoms with Gasteiger partial charge in [-0.05, 0) is 6.42 Å². The van der Waals surface area contributed by atoms with Gasteiger partial charge in [-0.1, -0.05) is 64.7 Å². The van der Waals surface area contributed by atoms with E-state index in [-0.39, 0.29) is 4.84 Å². The minimum atomic E-state index is -0.151. The van der Waals surface area contributed by atoms with Crippen LogP contribution >= 0.6 is 23.2 Å². The zero-order chi connectivity index (χ0) is 10.6. The fourth-order valence-electron chi connectivity index (χ4n) is 1.61. The lowest BCUT2D eigenvalue weighted by molar-refractivity contribution is 0.504. The maximum atomic E-state index is 5.48. The van der Waals surface area contributed by atoms with Crippen molar-refractivity contribution in [1.29, 1.82) is 0 Å². The van der Waals surface area contributed by atoms with Crippen molar-refractivity contribution in [3.63, 3.8) is 0 Å². The molecule has 0 saturated heterocycles. The molecule has 0 aromatic rings. The van der Waals surface area contributed by atoms with Crippen LogP contribution in [0.2, 0.25) is 0 Å². The van der Waals surface area contributed by atoms with Crippen molar-refractivity contribution in [1.82, 2.24) is 0 Å². The molecular formula is C12H24Cl2. The van der Waals surface area contributed by atoms with Gasteiger partial charge in [0.1, 0.15) is 4.84 Å². The van der Waals surface area contributed by atoms with Gasteiger partial charge in [0.15, 0.2) is 0 Å². The van der Waals surface area contributed by atoms with Gasteiger partial charge in [-0.2, -0.15) is 0 Å². The Morgan fingerprint density at radius 2 is 1.29 bits per heavy atom. The van der Waals surface area contributed by atoms with Crippen LogP contribution in [0.5, 0.6) is 0 Å². The van der Waals surface area contributed by atoms with E-state index in [0.717, 1.165) is 12.8 Å². The zero-order valence-corrected chi connectivity index (χ0v) is 10.9. The first-order valence-electron chi connectivity index (χ1n) is 6.05. The monoisotopic (exact) mass is 238 g/mol. The predicted molar refractivity (Wildman–Crippen MR) is 67.3 cm³/mol. The van der Waals surface area contributed by atoms with E-state index in [1.54, 1.807) is 0 Å². The minimum absolute atomic E-state index is 0.151. The van der Waals surface area contributed by atoms with Crippen LogP contribution in [0.15, 0.2) is 0 Å². The molecule has 0 aliphatic heterocycles. The van der Waals surface area contributed by atoms with E-state index in [9.17, 15) is 0 Å². The fraction of sp³-hybridized carbons (Fsp3) is 1.00. The van der Waals surface area contributed by atoms with E-state index in [1.165, 1.54) is 51.4 Å². The van der Waals surface area contributed by atoms with Crippen LogP contribution in [0.3, 0.4) is 0 Å². The van der Waals surface area contributed by atoms with Crippen molar-refractivity contribution < 1.29 is 0 Å². The van der Waals surface area contributed by atoms with Gasteiger partial charge in [0.05, 0.1) is 0 Å². The van der Waals surface area contributed by atoms with Crippen LogP contribution in [-0.4, -0.2) is 4.84 Å². The molecule has 0 radical (unpaired) electrons. The molecule has 0 spiro atoms. The predicted octanol–water partition coefficient (Wildman–Crippen LogP) is 5.71. The van der Waals surface area contributed by atoms with E-state index >= 15 is 0 Å². The van der Waals surface area contributed by atoms with Gasteiger partial charge < -0.3 is 0 Å². The maximum Gasteiger partial charge on any atom is 0.107 e. The van der Waals surface area contributed by atoms with E-state index in [1.807, 2.05) is 0 Å². The Hall–Kier alpha value is 0.580. The number of hydrogen-bond acceptors (Lipinski definition) is 0. The summed E-state index contributed by atoms with van der Waals surface area (Å²) in [5.41, 5.74) is 0. The average Bonchev–Trinajstić information content (AvgIpc) is 2.21. The van der Waals surface area contributed by atoms with Crippen molar-refractivity contribution in [2.75, 3.05) is 0 Å². The molecule has 86 valence electrons. The highest BCUT2D eigenvalue weighted by atomic mass is 35.5. The third-order valence-electron chi connectivity index (χ3n) is 2.53. The van der Waals surface area contributed by atoms with Crippen molar-refractivity contribution in [3.8, 4) is 0 Å². The molecule has 0 unspecified atom stereocenters. The molecule has 0 aromatic carbocycles. The summed E-state index contributed by atoms with van der Waals surface area (Å²) < 4.78 is 0. The highest BCUT2D eigenvalue weighted by molar-refractivity contribution is 6.44. The molecule has 0 atom stereocenters. The quantitative estimate of drug-likeness (QED) is 0.435. The molecule has 2 heteroatoms. The number of rotatable bonds is 4. The van der Waals surface area contributed by atoms with Crippen LogP contribution in [-0.2, 0) is 0 Å². The molecular weight excluding hydrogens is 215 g/mol. The number of unbranched alkanes of at least 4 members (excludes halogenated alkanes) is 2. The maximum absolute atomic E-state index is 5.48. The molecule has 0 aromatic heterocycles. The van der Waals surface area contributed by atoms with Gasteiger partial charge in [0.25, 0.3) is 0 Å². The first kappa shape index (κ1) is 14.6.